The molecule has 5 nitrogen and oxygen atoms in total. The third-order valence-electron chi connectivity index (χ3n) is 6.93. The molecule has 0 saturated carbocycles. The van der Waals surface area contributed by atoms with Gasteiger partial charge in [-0.25, -0.2) is 14.8 Å². The number of hydrogen-bond donors (Lipinski definition) is 0. The van der Waals surface area contributed by atoms with Gasteiger partial charge in [0, 0.05) is 23.5 Å². The molecule has 2 heterocycles. The second-order valence-corrected chi connectivity index (χ2v) is 9.88. The number of hydrogen-bond acceptors (Lipinski definition) is 5. The molecule has 0 fully saturated rings. The highest BCUT2D eigenvalue weighted by Crippen LogP contribution is 2.31. The minimum atomic E-state index is -0.906. The molecule has 0 spiro atoms. The third kappa shape index (κ3) is 6.60. The summed E-state index contributed by atoms with van der Waals surface area (Å²) in [7, 11) is 0. The number of carbonyl (C=O) groups excluding carboxylic acids is 1. The van der Waals surface area contributed by atoms with Gasteiger partial charge in [-0.15, -0.1) is 0 Å². The third-order valence-corrected chi connectivity index (χ3v) is 6.93. The maximum Gasteiger partial charge on any atom is 0.522 e. The second kappa shape index (κ2) is 12.7. The first-order valence-corrected chi connectivity index (χ1v) is 13.8. The molecular formula is C37H28N2O3. The molecule has 0 radical (unpaired) electrons. The Morgan fingerprint density at radius 2 is 0.833 bits per heavy atom. The zero-order valence-corrected chi connectivity index (χ0v) is 22.9. The number of benzene rings is 4. The van der Waals surface area contributed by atoms with Crippen LogP contribution in [0.2, 0.25) is 0 Å². The Balaban J connectivity index is 1.15. The summed E-state index contributed by atoms with van der Waals surface area (Å²) in [6.07, 6.45) is 3.94. The van der Waals surface area contributed by atoms with Crippen LogP contribution in [0, 0.1) is 0 Å². The van der Waals surface area contributed by atoms with Gasteiger partial charge in [-0.3, -0.25) is 0 Å². The summed E-state index contributed by atoms with van der Waals surface area (Å²) < 4.78 is 11.2. The highest BCUT2D eigenvalue weighted by atomic mass is 16.7. The predicted octanol–water partition coefficient (Wildman–Crippen LogP) is 8.57. The fraction of sp³-hybridized carbons (Fsp3) is 0.0541. The van der Waals surface area contributed by atoms with Crippen molar-refractivity contribution < 1.29 is 14.3 Å². The maximum absolute atomic E-state index is 12.9. The molecule has 42 heavy (non-hydrogen) atoms. The molecule has 0 N–H and O–H groups in total. The zero-order valence-electron chi connectivity index (χ0n) is 22.9. The van der Waals surface area contributed by atoms with Crippen molar-refractivity contribution in [1.82, 2.24) is 9.97 Å². The lowest BCUT2D eigenvalue weighted by Gasteiger charge is -2.12. The highest BCUT2D eigenvalue weighted by Gasteiger charge is 2.17. The molecule has 0 atom stereocenters. The molecule has 6 aromatic rings. The summed E-state index contributed by atoms with van der Waals surface area (Å²) >= 11 is 0. The Morgan fingerprint density at radius 3 is 1.24 bits per heavy atom. The molecule has 0 aliphatic rings. The highest BCUT2D eigenvalue weighted by molar-refractivity contribution is 5.76. The summed E-state index contributed by atoms with van der Waals surface area (Å²) in [6.45, 7) is 0. The Bertz CT molecular complexity index is 1640. The van der Waals surface area contributed by atoms with Gasteiger partial charge in [0.25, 0.3) is 0 Å². The van der Waals surface area contributed by atoms with E-state index in [4.69, 9.17) is 9.47 Å². The van der Waals surface area contributed by atoms with Crippen molar-refractivity contribution in [1.29, 1.82) is 0 Å². The largest absolute Gasteiger partial charge is 0.522 e. The molecule has 5 heteroatoms. The van der Waals surface area contributed by atoms with Crippen LogP contribution in [0.4, 0.5) is 4.79 Å². The van der Waals surface area contributed by atoms with E-state index in [1.807, 2.05) is 84.9 Å². The van der Waals surface area contributed by atoms with E-state index in [0.29, 0.717) is 11.1 Å². The first-order valence-electron chi connectivity index (χ1n) is 13.8. The number of aromatic nitrogens is 2. The first kappa shape index (κ1) is 26.7. The Hall–Kier alpha value is -5.55. The monoisotopic (exact) mass is 548 g/mol. The fourth-order valence-corrected chi connectivity index (χ4v) is 4.83. The molecule has 204 valence electrons. The minimum Gasteiger partial charge on any atom is -0.375 e. The summed E-state index contributed by atoms with van der Waals surface area (Å²) in [5.74, 6) is 0.335. The molecular weight excluding hydrogens is 520 g/mol. The van der Waals surface area contributed by atoms with E-state index < -0.39 is 6.16 Å². The van der Waals surface area contributed by atoms with Crippen LogP contribution in [-0.2, 0) is 12.8 Å². The van der Waals surface area contributed by atoms with Crippen molar-refractivity contribution in [2.75, 3.05) is 0 Å². The van der Waals surface area contributed by atoms with Gasteiger partial charge in [-0.2, -0.15) is 0 Å². The lowest BCUT2D eigenvalue weighted by atomic mass is 10.0. The van der Waals surface area contributed by atoms with Crippen molar-refractivity contribution in [2.45, 2.75) is 12.8 Å². The molecule has 0 unspecified atom stereocenters. The number of pyridine rings is 2. The van der Waals surface area contributed by atoms with Gasteiger partial charge >= 0.3 is 6.16 Å². The van der Waals surface area contributed by atoms with Crippen LogP contribution in [0.3, 0.4) is 0 Å². The first-order chi connectivity index (χ1) is 20.7. The van der Waals surface area contributed by atoms with E-state index in [0.717, 1.165) is 24.0 Å². The Morgan fingerprint density at radius 1 is 0.452 bits per heavy atom. The van der Waals surface area contributed by atoms with Crippen molar-refractivity contribution in [2.24, 2.45) is 0 Å². The topological polar surface area (TPSA) is 61.3 Å². The SMILES string of the molecule is O=C(Oc1ncccc1-c1ccc(Cc2ccccc2)cc1)Oc1ncccc1-c1ccc(Cc2ccccc2)cc1. The van der Waals surface area contributed by atoms with Crippen LogP contribution in [-0.4, -0.2) is 16.1 Å². The van der Waals surface area contributed by atoms with Crippen LogP contribution in [0.1, 0.15) is 22.3 Å². The van der Waals surface area contributed by atoms with Gasteiger partial charge in [0.2, 0.25) is 11.8 Å². The molecule has 4 aromatic carbocycles. The van der Waals surface area contributed by atoms with Gasteiger partial charge in [0.1, 0.15) is 0 Å². The van der Waals surface area contributed by atoms with Crippen molar-refractivity contribution >= 4 is 6.16 Å². The molecule has 2 aromatic heterocycles. The smallest absolute Gasteiger partial charge is 0.375 e. The molecule has 0 saturated heterocycles. The maximum atomic E-state index is 12.9. The van der Waals surface area contributed by atoms with Crippen molar-refractivity contribution in [3.05, 3.63) is 168 Å². The van der Waals surface area contributed by atoms with Gasteiger partial charge in [0.05, 0.1) is 0 Å². The second-order valence-electron chi connectivity index (χ2n) is 9.88. The van der Waals surface area contributed by atoms with Gasteiger partial charge in [-0.05, 0) is 70.5 Å². The van der Waals surface area contributed by atoms with E-state index >= 15 is 0 Å². The molecule has 0 aliphatic heterocycles. The van der Waals surface area contributed by atoms with Crippen molar-refractivity contribution in [3.63, 3.8) is 0 Å². The van der Waals surface area contributed by atoms with E-state index in [1.54, 1.807) is 12.4 Å². The lowest BCUT2D eigenvalue weighted by molar-refractivity contribution is 0.148. The van der Waals surface area contributed by atoms with Gasteiger partial charge in [-0.1, -0.05) is 109 Å². The fourth-order valence-electron chi connectivity index (χ4n) is 4.83. The van der Waals surface area contributed by atoms with E-state index in [-0.39, 0.29) is 11.8 Å². The number of ether oxygens (including phenoxy) is 2. The molecule has 6 rings (SSSR count). The summed E-state index contributed by atoms with van der Waals surface area (Å²) in [5, 5.41) is 0. The van der Waals surface area contributed by atoms with Gasteiger partial charge < -0.3 is 9.47 Å². The summed E-state index contributed by atoms with van der Waals surface area (Å²) in [6, 6.07) is 44.3. The van der Waals surface area contributed by atoms with E-state index in [2.05, 4.69) is 58.5 Å². The van der Waals surface area contributed by atoms with E-state index in [1.165, 1.54) is 22.3 Å². The van der Waals surface area contributed by atoms with Crippen LogP contribution in [0.5, 0.6) is 11.8 Å². The average molecular weight is 549 g/mol. The minimum absolute atomic E-state index is 0.168. The average Bonchev–Trinajstić information content (AvgIpc) is 3.03. The van der Waals surface area contributed by atoms with Crippen molar-refractivity contribution in [3.8, 4) is 34.0 Å². The van der Waals surface area contributed by atoms with Crippen LogP contribution in [0.25, 0.3) is 22.3 Å². The number of carbonyl (C=O) groups is 1. The normalized spacial score (nSPS) is 10.7. The number of nitrogens with zero attached hydrogens (tertiary/aromatic N) is 2. The Labute approximate surface area is 245 Å². The molecule has 0 aliphatic carbocycles. The molecule has 0 bridgehead atoms. The lowest BCUT2D eigenvalue weighted by Crippen LogP contribution is -2.16. The summed E-state index contributed by atoms with van der Waals surface area (Å²) in [5.41, 5.74) is 8.02. The standard InChI is InChI=1S/C37H28N2O3/c40-37(41-35-33(13-7-23-38-35)31-19-15-29(16-20-31)25-27-9-3-1-4-10-27)42-36-34(14-8-24-39-36)32-21-17-30(18-22-32)26-28-11-5-2-6-12-28/h1-24H,25-26H2. The van der Waals surface area contributed by atoms with Crippen LogP contribution >= 0.6 is 0 Å². The van der Waals surface area contributed by atoms with E-state index in [9.17, 15) is 4.79 Å². The van der Waals surface area contributed by atoms with Crippen LogP contribution < -0.4 is 9.47 Å². The zero-order chi connectivity index (χ0) is 28.6. The number of rotatable bonds is 8. The summed E-state index contributed by atoms with van der Waals surface area (Å²) in [4.78, 5) is 21.6. The quantitative estimate of drug-likeness (QED) is 0.178. The van der Waals surface area contributed by atoms with Crippen LogP contribution in [0.15, 0.2) is 146 Å². The van der Waals surface area contributed by atoms with Gasteiger partial charge in [0.15, 0.2) is 0 Å². The Kier molecular flexibility index (Phi) is 8.09. The predicted molar refractivity (Wildman–Crippen MR) is 164 cm³/mol. The molecule has 0 amide bonds.